The molecular formula is C25H23N7O2. The van der Waals surface area contributed by atoms with Gasteiger partial charge in [-0.25, -0.2) is 0 Å². The second kappa shape index (κ2) is 7.95. The summed E-state index contributed by atoms with van der Waals surface area (Å²) in [6.45, 7) is 2.59. The molecule has 1 aliphatic heterocycles. The lowest BCUT2D eigenvalue weighted by Gasteiger charge is -2.23. The Hall–Kier alpha value is -4.27. The zero-order chi connectivity index (χ0) is 23.2. The normalized spacial score (nSPS) is 15.9. The predicted molar refractivity (Wildman–Crippen MR) is 125 cm³/mol. The van der Waals surface area contributed by atoms with E-state index in [0.29, 0.717) is 29.5 Å². The Balaban J connectivity index is 1.35. The lowest BCUT2D eigenvalue weighted by molar-refractivity contribution is 0.0709. The van der Waals surface area contributed by atoms with Gasteiger partial charge in [0.2, 0.25) is 11.7 Å². The zero-order valence-corrected chi connectivity index (χ0v) is 18.9. The van der Waals surface area contributed by atoms with Crippen molar-refractivity contribution in [2.75, 3.05) is 6.54 Å². The molecule has 0 radical (unpaired) electrons. The Morgan fingerprint density at radius 2 is 1.97 bits per heavy atom. The molecule has 4 heterocycles. The number of carbonyl (C=O) groups is 1. The summed E-state index contributed by atoms with van der Waals surface area (Å²) in [6.07, 6.45) is 6.84. The van der Waals surface area contributed by atoms with Crippen molar-refractivity contribution in [3.05, 3.63) is 78.1 Å². The first kappa shape index (κ1) is 20.3. The summed E-state index contributed by atoms with van der Waals surface area (Å²) in [7, 11) is 2.01. The maximum atomic E-state index is 13.7. The lowest BCUT2D eigenvalue weighted by atomic mass is 10.1. The maximum absolute atomic E-state index is 13.7. The van der Waals surface area contributed by atoms with Gasteiger partial charge >= 0.3 is 0 Å². The molecular weight excluding hydrogens is 430 g/mol. The summed E-state index contributed by atoms with van der Waals surface area (Å²) in [4.78, 5) is 21.7. The van der Waals surface area contributed by atoms with Crippen LogP contribution in [-0.2, 0) is 7.05 Å². The van der Waals surface area contributed by atoms with Gasteiger partial charge in [0.25, 0.3) is 5.91 Å². The molecule has 1 saturated heterocycles. The minimum atomic E-state index is -0.275. The molecule has 1 aliphatic rings. The largest absolute Gasteiger partial charge is 0.351 e. The van der Waals surface area contributed by atoms with Crippen LogP contribution in [0.2, 0.25) is 0 Å². The highest BCUT2D eigenvalue weighted by Gasteiger charge is 2.36. The number of benzene rings is 2. The third kappa shape index (κ3) is 3.28. The van der Waals surface area contributed by atoms with Crippen LogP contribution < -0.4 is 0 Å². The van der Waals surface area contributed by atoms with Crippen molar-refractivity contribution in [2.45, 2.75) is 25.8 Å². The van der Waals surface area contributed by atoms with Crippen molar-refractivity contribution in [3.8, 4) is 17.1 Å². The molecule has 5 aromatic rings. The fourth-order valence-corrected chi connectivity index (χ4v) is 4.73. The standard InChI is InChI=1S/C25H23N7O2/c1-16-8-9-21(32-26-11-12-27-32)19(15-16)25(33)31-13-4-7-22(31)24-28-23(29-34-24)18-5-3-6-20-17(18)10-14-30(20)2/h3,5-6,8-12,14-15,22H,4,7,13H2,1-2H3. The number of hydrogen-bond acceptors (Lipinski definition) is 6. The van der Waals surface area contributed by atoms with E-state index in [0.717, 1.165) is 34.9 Å². The minimum Gasteiger partial charge on any atom is -0.351 e. The Morgan fingerprint density at radius 1 is 1.12 bits per heavy atom. The molecule has 0 saturated carbocycles. The highest BCUT2D eigenvalue weighted by Crippen LogP contribution is 2.35. The average molecular weight is 454 g/mol. The molecule has 1 atom stereocenters. The lowest BCUT2D eigenvalue weighted by Crippen LogP contribution is -2.31. The molecule has 2 aromatic carbocycles. The van der Waals surface area contributed by atoms with Crippen LogP contribution in [0.5, 0.6) is 0 Å². The average Bonchev–Trinajstić information content (AvgIpc) is 3.65. The molecule has 6 rings (SSSR count). The molecule has 0 N–H and O–H groups in total. The van der Waals surface area contributed by atoms with Gasteiger partial charge in [-0.3, -0.25) is 4.79 Å². The van der Waals surface area contributed by atoms with E-state index in [1.165, 1.54) is 4.80 Å². The van der Waals surface area contributed by atoms with Crippen molar-refractivity contribution in [3.63, 3.8) is 0 Å². The van der Waals surface area contributed by atoms with Gasteiger partial charge < -0.3 is 14.0 Å². The van der Waals surface area contributed by atoms with Crippen molar-refractivity contribution < 1.29 is 9.32 Å². The van der Waals surface area contributed by atoms with Gasteiger partial charge in [0.1, 0.15) is 6.04 Å². The van der Waals surface area contributed by atoms with Crippen molar-refractivity contribution in [2.24, 2.45) is 7.05 Å². The van der Waals surface area contributed by atoms with E-state index in [9.17, 15) is 4.79 Å². The number of aryl methyl sites for hydroxylation is 2. The molecule has 0 bridgehead atoms. The van der Waals surface area contributed by atoms with Crippen LogP contribution in [0.1, 0.15) is 40.7 Å². The van der Waals surface area contributed by atoms with E-state index in [1.54, 1.807) is 12.4 Å². The topological polar surface area (TPSA) is 94.9 Å². The Kier molecular flexibility index (Phi) is 4.75. The molecule has 9 heteroatoms. The highest BCUT2D eigenvalue weighted by atomic mass is 16.5. The first-order valence-electron chi connectivity index (χ1n) is 11.3. The van der Waals surface area contributed by atoms with Crippen molar-refractivity contribution >= 4 is 16.8 Å². The quantitative estimate of drug-likeness (QED) is 0.407. The summed E-state index contributed by atoms with van der Waals surface area (Å²) >= 11 is 0. The zero-order valence-electron chi connectivity index (χ0n) is 18.9. The van der Waals surface area contributed by atoms with Crippen molar-refractivity contribution in [1.82, 2.24) is 34.6 Å². The summed E-state index contributed by atoms with van der Waals surface area (Å²) in [5, 5.41) is 13.8. The number of rotatable bonds is 4. The third-order valence-electron chi connectivity index (χ3n) is 6.43. The fraction of sp³-hybridized carbons (Fsp3) is 0.240. The van der Waals surface area contributed by atoms with Gasteiger partial charge in [0.05, 0.1) is 23.6 Å². The van der Waals surface area contributed by atoms with Crippen LogP contribution in [0.25, 0.3) is 28.0 Å². The van der Waals surface area contributed by atoms with E-state index in [2.05, 4.69) is 32.1 Å². The molecule has 34 heavy (non-hydrogen) atoms. The summed E-state index contributed by atoms with van der Waals surface area (Å²) < 4.78 is 7.77. The number of fused-ring (bicyclic) bond motifs is 1. The molecule has 0 aliphatic carbocycles. The number of hydrogen-bond donors (Lipinski definition) is 0. The molecule has 1 amide bonds. The number of carbonyl (C=O) groups excluding carboxylic acids is 1. The minimum absolute atomic E-state index is 0.0941. The van der Waals surface area contributed by atoms with Gasteiger partial charge in [-0.1, -0.05) is 28.9 Å². The fourth-order valence-electron chi connectivity index (χ4n) is 4.73. The number of nitrogens with zero attached hydrogens (tertiary/aromatic N) is 7. The van der Waals surface area contributed by atoms with Crippen molar-refractivity contribution in [1.29, 1.82) is 0 Å². The van der Waals surface area contributed by atoms with E-state index >= 15 is 0 Å². The Bertz CT molecular complexity index is 1500. The number of aromatic nitrogens is 6. The third-order valence-corrected chi connectivity index (χ3v) is 6.43. The molecule has 3 aromatic heterocycles. The van der Waals surface area contributed by atoms with E-state index in [1.807, 2.05) is 55.4 Å². The van der Waals surface area contributed by atoms with E-state index in [-0.39, 0.29) is 11.9 Å². The van der Waals surface area contributed by atoms with Crippen LogP contribution in [0, 0.1) is 6.92 Å². The first-order valence-corrected chi connectivity index (χ1v) is 11.3. The molecule has 9 nitrogen and oxygen atoms in total. The Morgan fingerprint density at radius 3 is 2.82 bits per heavy atom. The van der Waals surface area contributed by atoms with Crippen LogP contribution >= 0.6 is 0 Å². The van der Waals surface area contributed by atoms with Crippen LogP contribution in [0.15, 0.2) is 65.6 Å². The highest BCUT2D eigenvalue weighted by molar-refractivity contribution is 5.98. The van der Waals surface area contributed by atoms with Gasteiger partial charge in [-0.2, -0.15) is 20.0 Å². The molecule has 1 fully saturated rings. The Labute approximate surface area is 195 Å². The van der Waals surface area contributed by atoms with E-state index in [4.69, 9.17) is 9.51 Å². The van der Waals surface area contributed by atoms with Gasteiger partial charge in [0.15, 0.2) is 0 Å². The molecule has 170 valence electrons. The van der Waals surface area contributed by atoms with Crippen LogP contribution in [0.4, 0.5) is 0 Å². The van der Waals surface area contributed by atoms with Crippen LogP contribution in [0.3, 0.4) is 0 Å². The predicted octanol–water partition coefficient (Wildman–Crippen LogP) is 4.09. The number of amides is 1. The smallest absolute Gasteiger partial charge is 0.256 e. The first-order chi connectivity index (χ1) is 16.6. The second-order valence-electron chi connectivity index (χ2n) is 8.62. The summed E-state index contributed by atoms with van der Waals surface area (Å²) in [5.41, 5.74) is 4.20. The summed E-state index contributed by atoms with van der Waals surface area (Å²) in [6, 6.07) is 13.5. The monoisotopic (exact) mass is 453 g/mol. The molecule has 0 spiro atoms. The van der Waals surface area contributed by atoms with Gasteiger partial charge in [-0.05, 0) is 44.0 Å². The SMILES string of the molecule is Cc1ccc(-n2nccn2)c(C(=O)N2CCCC2c2nc(-c3cccc4c3ccn4C)no2)c1. The van der Waals surface area contributed by atoms with Gasteiger partial charge in [0, 0.05) is 36.3 Å². The van der Waals surface area contributed by atoms with Gasteiger partial charge in [-0.15, -0.1) is 0 Å². The maximum Gasteiger partial charge on any atom is 0.256 e. The molecule has 1 unspecified atom stereocenters. The van der Waals surface area contributed by atoms with E-state index < -0.39 is 0 Å². The number of likely N-dealkylation sites (tertiary alicyclic amines) is 1. The summed E-state index contributed by atoms with van der Waals surface area (Å²) in [5.74, 6) is 0.895. The van der Waals surface area contributed by atoms with Crippen LogP contribution in [-0.4, -0.2) is 47.1 Å². The second-order valence-corrected chi connectivity index (χ2v) is 8.62.